The van der Waals surface area contributed by atoms with Gasteiger partial charge in [0.15, 0.2) is 0 Å². The van der Waals surface area contributed by atoms with Crippen LogP contribution in [0.15, 0.2) is 10.6 Å². The Balaban J connectivity index is 1.94. The third-order valence-corrected chi connectivity index (χ3v) is 3.03. The average molecular weight is 255 g/mol. The van der Waals surface area contributed by atoms with E-state index in [1.165, 1.54) is 0 Å². The summed E-state index contributed by atoms with van der Waals surface area (Å²) in [4.78, 5) is 0. The Morgan fingerprint density at radius 1 is 1.41 bits per heavy atom. The molecular weight excluding hydrogens is 240 g/mol. The summed E-state index contributed by atoms with van der Waals surface area (Å²) >= 11 is 6.14. The molecule has 2 aromatic rings. The predicted molar refractivity (Wildman–Crippen MR) is 64.7 cm³/mol. The molecular formula is C11H15ClN4O. The smallest absolute Gasteiger partial charge is 0.133 e. The minimum atomic E-state index is 0.651. The van der Waals surface area contributed by atoms with Crippen molar-refractivity contribution in [2.24, 2.45) is 7.05 Å². The fourth-order valence-corrected chi connectivity index (χ4v) is 1.91. The van der Waals surface area contributed by atoms with Crippen LogP contribution in [0.1, 0.15) is 22.8 Å². The van der Waals surface area contributed by atoms with E-state index in [4.69, 9.17) is 16.1 Å². The number of hydrogen-bond donors (Lipinski definition) is 1. The van der Waals surface area contributed by atoms with Gasteiger partial charge in [-0.05, 0) is 13.8 Å². The molecule has 0 aliphatic carbocycles. The highest BCUT2D eigenvalue weighted by Crippen LogP contribution is 2.18. The van der Waals surface area contributed by atoms with Crippen LogP contribution < -0.4 is 5.32 Å². The lowest BCUT2D eigenvalue weighted by Gasteiger charge is -2.03. The Bertz CT molecular complexity index is 518. The Kier molecular flexibility index (Phi) is 3.49. The van der Waals surface area contributed by atoms with E-state index in [1.54, 1.807) is 4.68 Å². The van der Waals surface area contributed by atoms with Crippen molar-refractivity contribution in [3.05, 3.63) is 33.9 Å². The molecule has 0 saturated heterocycles. The van der Waals surface area contributed by atoms with E-state index in [0.29, 0.717) is 13.1 Å². The summed E-state index contributed by atoms with van der Waals surface area (Å²) in [7, 11) is 1.89. The fourth-order valence-electron chi connectivity index (χ4n) is 1.68. The lowest BCUT2D eigenvalue weighted by molar-refractivity contribution is 0.388. The van der Waals surface area contributed by atoms with Crippen molar-refractivity contribution < 1.29 is 4.52 Å². The minimum Gasteiger partial charge on any atom is -0.361 e. The lowest BCUT2D eigenvalue weighted by atomic mass is 10.3. The van der Waals surface area contributed by atoms with Gasteiger partial charge in [-0.25, -0.2) is 0 Å². The average Bonchev–Trinajstić information content (AvgIpc) is 2.78. The summed E-state index contributed by atoms with van der Waals surface area (Å²) in [5.41, 5.74) is 2.71. The summed E-state index contributed by atoms with van der Waals surface area (Å²) in [5, 5.41) is 12.1. The van der Waals surface area contributed by atoms with Gasteiger partial charge in [-0.3, -0.25) is 4.68 Å². The highest BCUT2D eigenvalue weighted by Gasteiger charge is 2.10. The SMILES string of the molecule is Cc1cc(CNCc2c(Cl)c(C)nn2C)no1. The van der Waals surface area contributed by atoms with E-state index in [9.17, 15) is 0 Å². The zero-order chi connectivity index (χ0) is 12.4. The number of aryl methyl sites for hydroxylation is 3. The van der Waals surface area contributed by atoms with Gasteiger partial charge in [0.2, 0.25) is 0 Å². The van der Waals surface area contributed by atoms with Crippen LogP contribution in [0.3, 0.4) is 0 Å². The molecule has 0 spiro atoms. The maximum Gasteiger partial charge on any atom is 0.133 e. The van der Waals surface area contributed by atoms with Crippen molar-refractivity contribution in [2.75, 3.05) is 0 Å². The van der Waals surface area contributed by atoms with Crippen molar-refractivity contribution in [2.45, 2.75) is 26.9 Å². The van der Waals surface area contributed by atoms with Crippen LogP contribution in [-0.4, -0.2) is 14.9 Å². The van der Waals surface area contributed by atoms with E-state index in [0.717, 1.165) is 27.9 Å². The standard InChI is InChI=1S/C11H15ClN4O/c1-7-4-9(15-17-7)5-13-6-10-11(12)8(2)14-16(10)3/h4,13H,5-6H2,1-3H3. The number of aromatic nitrogens is 3. The zero-order valence-electron chi connectivity index (χ0n) is 10.1. The maximum absolute atomic E-state index is 6.14. The molecule has 2 heterocycles. The van der Waals surface area contributed by atoms with Gasteiger partial charge in [0, 0.05) is 26.2 Å². The summed E-state index contributed by atoms with van der Waals surface area (Å²) < 4.78 is 6.78. The van der Waals surface area contributed by atoms with E-state index in [2.05, 4.69) is 15.6 Å². The van der Waals surface area contributed by atoms with Gasteiger partial charge in [-0.2, -0.15) is 5.10 Å². The Labute approximate surface area is 105 Å². The molecule has 6 heteroatoms. The molecule has 0 bridgehead atoms. The van der Waals surface area contributed by atoms with Crippen LogP contribution in [0.5, 0.6) is 0 Å². The molecule has 0 aliphatic rings. The van der Waals surface area contributed by atoms with Crippen LogP contribution >= 0.6 is 11.6 Å². The molecule has 2 rings (SSSR count). The van der Waals surface area contributed by atoms with Crippen LogP contribution in [-0.2, 0) is 20.1 Å². The normalized spacial score (nSPS) is 11.1. The van der Waals surface area contributed by atoms with Gasteiger partial charge >= 0.3 is 0 Å². The Hall–Kier alpha value is -1.33. The lowest BCUT2D eigenvalue weighted by Crippen LogP contribution is -2.15. The van der Waals surface area contributed by atoms with Crippen LogP contribution in [0.25, 0.3) is 0 Å². The number of hydrogen-bond acceptors (Lipinski definition) is 4. The minimum absolute atomic E-state index is 0.651. The summed E-state index contributed by atoms with van der Waals surface area (Å²) in [5.74, 6) is 0.816. The molecule has 0 atom stereocenters. The third-order valence-electron chi connectivity index (χ3n) is 2.54. The van der Waals surface area contributed by atoms with Crippen LogP contribution in [0, 0.1) is 13.8 Å². The topological polar surface area (TPSA) is 55.9 Å². The van der Waals surface area contributed by atoms with Crippen LogP contribution in [0.2, 0.25) is 5.02 Å². The monoisotopic (exact) mass is 254 g/mol. The zero-order valence-corrected chi connectivity index (χ0v) is 10.9. The van der Waals surface area contributed by atoms with E-state index < -0.39 is 0 Å². The second-order valence-electron chi connectivity index (χ2n) is 4.00. The summed E-state index contributed by atoms with van der Waals surface area (Å²) in [6.07, 6.45) is 0. The number of halogens is 1. The molecule has 0 aromatic carbocycles. The quantitative estimate of drug-likeness (QED) is 0.906. The van der Waals surface area contributed by atoms with Gasteiger partial charge in [0.05, 0.1) is 22.1 Å². The fraction of sp³-hybridized carbons (Fsp3) is 0.455. The first kappa shape index (κ1) is 12.1. The largest absolute Gasteiger partial charge is 0.361 e. The highest BCUT2D eigenvalue weighted by atomic mass is 35.5. The third kappa shape index (κ3) is 2.68. The second kappa shape index (κ2) is 4.89. The van der Waals surface area contributed by atoms with E-state index in [1.807, 2.05) is 27.0 Å². The summed E-state index contributed by atoms with van der Waals surface area (Å²) in [6.45, 7) is 5.07. The number of nitrogens with zero attached hydrogens (tertiary/aromatic N) is 3. The molecule has 92 valence electrons. The molecule has 0 saturated carbocycles. The first-order valence-corrected chi connectivity index (χ1v) is 5.76. The Morgan fingerprint density at radius 2 is 2.18 bits per heavy atom. The van der Waals surface area contributed by atoms with E-state index in [-0.39, 0.29) is 0 Å². The van der Waals surface area contributed by atoms with Gasteiger partial charge in [-0.1, -0.05) is 16.8 Å². The van der Waals surface area contributed by atoms with Crippen molar-refractivity contribution in [1.82, 2.24) is 20.3 Å². The van der Waals surface area contributed by atoms with Crippen LogP contribution in [0.4, 0.5) is 0 Å². The van der Waals surface area contributed by atoms with Gasteiger partial charge in [0.25, 0.3) is 0 Å². The Morgan fingerprint density at radius 3 is 2.71 bits per heavy atom. The van der Waals surface area contributed by atoms with E-state index >= 15 is 0 Å². The molecule has 17 heavy (non-hydrogen) atoms. The molecule has 5 nitrogen and oxygen atoms in total. The first-order valence-electron chi connectivity index (χ1n) is 5.39. The molecule has 1 N–H and O–H groups in total. The van der Waals surface area contributed by atoms with Gasteiger partial charge in [-0.15, -0.1) is 0 Å². The van der Waals surface area contributed by atoms with Crippen molar-refractivity contribution in [3.63, 3.8) is 0 Å². The molecule has 0 fully saturated rings. The number of nitrogens with one attached hydrogen (secondary N) is 1. The maximum atomic E-state index is 6.14. The second-order valence-corrected chi connectivity index (χ2v) is 4.38. The number of rotatable bonds is 4. The molecule has 0 amide bonds. The van der Waals surface area contributed by atoms with Crippen molar-refractivity contribution >= 4 is 11.6 Å². The predicted octanol–water partition coefficient (Wildman–Crippen LogP) is 1.97. The van der Waals surface area contributed by atoms with Crippen molar-refractivity contribution in [1.29, 1.82) is 0 Å². The van der Waals surface area contributed by atoms with Gasteiger partial charge < -0.3 is 9.84 Å². The molecule has 0 aliphatic heterocycles. The molecule has 0 unspecified atom stereocenters. The van der Waals surface area contributed by atoms with Gasteiger partial charge in [0.1, 0.15) is 5.76 Å². The molecule has 0 radical (unpaired) electrons. The summed E-state index contributed by atoms with van der Waals surface area (Å²) in [6, 6.07) is 1.91. The molecule has 2 aromatic heterocycles. The first-order chi connectivity index (χ1) is 8.08. The van der Waals surface area contributed by atoms with Crippen molar-refractivity contribution in [3.8, 4) is 0 Å². The highest BCUT2D eigenvalue weighted by molar-refractivity contribution is 6.31.